The average molecular weight is 527 g/mol. The number of H-pyrrole nitrogens is 1. The fourth-order valence-electron chi connectivity index (χ4n) is 4.16. The molecule has 202 valence electrons. The maximum atomic E-state index is 12.9. The average Bonchev–Trinajstić information content (AvgIpc) is 3.36. The van der Waals surface area contributed by atoms with Crippen molar-refractivity contribution in [2.75, 3.05) is 11.9 Å². The van der Waals surface area contributed by atoms with Crippen molar-refractivity contribution in [3.63, 3.8) is 0 Å². The number of aliphatic hydroxyl groups is 1. The third-order valence-corrected chi connectivity index (χ3v) is 6.18. The van der Waals surface area contributed by atoms with Gasteiger partial charge in [-0.2, -0.15) is 0 Å². The number of rotatable bonds is 11. The maximum Gasteiger partial charge on any atom is 0.294 e. The molecule has 4 rings (SSSR count). The van der Waals surface area contributed by atoms with Crippen molar-refractivity contribution in [1.82, 2.24) is 25.1 Å². The smallest absolute Gasteiger partial charge is 0.294 e. The molecule has 1 amide bonds. The van der Waals surface area contributed by atoms with E-state index in [1.165, 1.54) is 6.33 Å². The fraction of sp³-hybridized carbons (Fsp3) is 0.300. The summed E-state index contributed by atoms with van der Waals surface area (Å²) in [7, 11) is 0. The molecular formula is C30H34N6O3. The van der Waals surface area contributed by atoms with Gasteiger partial charge in [-0.15, -0.1) is 10.2 Å². The number of aryl methyl sites for hydroxylation is 1. The van der Waals surface area contributed by atoms with Gasteiger partial charge < -0.3 is 20.1 Å². The molecule has 0 saturated carbocycles. The molecule has 0 saturated heterocycles. The minimum absolute atomic E-state index is 0.0932. The zero-order valence-corrected chi connectivity index (χ0v) is 22.8. The van der Waals surface area contributed by atoms with E-state index in [4.69, 9.17) is 4.74 Å². The lowest BCUT2D eigenvalue weighted by molar-refractivity contribution is 0.0641. The highest BCUT2D eigenvalue weighted by Gasteiger charge is 2.16. The highest BCUT2D eigenvalue weighted by atomic mass is 16.5. The molecule has 0 spiro atoms. The molecule has 2 aromatic heterocycles. The number of ether oxygens (including phenoxy) is 1. The molecule has 0 aliphatic carbocycles. The monoisotopic (exact) mass is 526 g/mol. The first-order chi connectivity index (χ1) is 18.6. The third kappa shape index (κ3) is 7.58. The van der Waals surface area contributed by atoms with E-state index in [9.17, 15) is 9.90 Å². The number of amides is 1. The summed E-state index contributed by atoms with van der Waals surface area (Å²) in [6.07, 6.45) is 3.29. The molecular weight excluding hydrogens is 492 g/mol. The van der Waals surface area contributed by atoms with E-state index in [0.717, 1.165) is 34.2 Å². The van der Waals surface area contributed by atoms with Gasteiger partial charge in [-0.25, -0.2) is 9.97 Å². The van der Waals surface area contributed by atoms with Crippen LogP contribution in [0.2, 0.25) is 0 Å². The predicted molar refractivity (Wildman–Crippen MR) is 152 cm³/mol. The number of nitrogens with one attached hydrogen (secondary N) is 2. The van der Waals surface area contributed by atoms with Crippen LogP contribution >= 0.6 is 0 Å². The molecule has 4 aromatic rings. The summed E-state index contributed by atoms with van der Waals surface area (Å²) in [5, 5.41) is 20.8. The van der Waals surface area contributed by atoms with Crippen LogP contribution < -0.4 is 10.1 Å². The van der Waals surface area contributed by atoms with E-state index in [0.29, 0.717) is 42.5 Å². The molecule has 2 heterocycles. The van der Waals surface area contributed by atoms with E-state index in [2.05, 4.69) is 37.0 Å². The molecule has 3 N–H and O–H groups in total. The van der Waals surface area contributed by atoms with Crippen LogP contribution in [-0.4, -0.2) is 48.4 Å². The second-order valence-electron chi connectivity index (χ2n) is 10.2. The zero-order valence-electron chi connectivity index (χ0n) is 22.8. The normalized spacial score (nSPS) is 11.3. The SMILES string of the molecule is C=C(C)c1ccccc1Cc1nnc(C(=O)Nc2cc(-c3cc(OCCCC(C)(C)O)ccc3C)ncn2)[nH]1. The molecule has 0 atom stereocenters. The van der Waals surface area contributed by atoms with Gasteiger partial charge >= 0.3 is 0 Å². The molecule has 9 heteroatoms. The Balaban J connectivity index is 1.43. The Labute approximate surface area is 228 Å². The van der Waals surface area contributed by atoms with Crippen LogP contribution in [0.15, 0.2) is 61.4 Å². The summed E-state index contributed by atoms with van der Waals surface area (Å²) in [5.74, 6) is 1.26. The number of carbonyl (C=O) groups is 1. The molecule has 9 nitrogen and oxygen atoms in total. The Bertz CT molecular complexity index is 1470. The Morgan fingerprint density at radius 2 is 1.92 bits per heavy atom. The van der Waals surface area contributed by atoms with Crippen LogP contribution in [0.4, 0.5) is 5.82 Å². The predicted octanol–water partition coefficient (Wildman–Crippen LogP) is 5.38. The number of aromatic amines is 1. The minimum Gasteiger partial charge on any atom is -0.494 e. The molecule has 0 aliphatic rings. The van der Waals surface area contributed by atoms with Gasteiger partial charge in [0.2, 0.25) is 5.82 Å². The number of anilines is 1. The summed E-state index contributed by atoms with van der Waals surface area (Å²) in [6, 6.07) is 15.4. The largest absolute Gasteiger partial charge is 0.494 e. The summed E-state index contributed by atoms with van der Waals surface area (Å²) in [6.45, 7) is 12.0. The van der Waals surface area contributed by atoms with Gasteiger partial charge in [0.05, 0.1) is 17.9 Å². The quantitative estimate of drug-likeness (QED) is 0.224. The number of hydrogen-bond acceptors (Lipinski definition) is 7. The Morgan fingerprint density at radius 1 is 1.13 bits per heavy atom. The highest BCUT2D eigenvalue weighted by molar-refractivity contribution is 6.01. The number of allylic oxidation sites excluding steroid dienone is 1. The Hall–Kier alpha value is -4.37. The standard InChI is InChI=1S/C30H34N6O3/c1-19(2)23-10-7-6-9-21(23)15-27-33-28(36-35-27)29(37)34-26-17-25(31-18-32-26)24-16-22(12-11-20(24)3)39-14-8-13-30(4,5)38/h6-7,9-12,16-18,38H,1,8,13-15H2,2-5H3,(H,33,35,36)(H,31,32,34,37). The number of nitrogens with zero attached hydrogens (tertiary/aromatic N) is 4. The first-order valence-electron chi connectivity index (χ1n) is 12.8. The van der Waals surface area contributed by atoms with Crippen LogP contribution in [-0.2, 0) is 6.42 Å². The van der Waals surface area contributed by atoms with E-state index in [-0.39, 0.29) is 5.82 Å². The van der Waals surface area contributed by atoms with Gasteiger partial charge in [0, 0.05) is 18.1 Å². The van der Waals surface area contributed by atoms with E-state index < -0.39 is 11.5 Å². The molecule has 2 aromatic carbocycles. The second-order valence-corrected chi connectivity index (χ2v) is 10.2. The Kier molecular flexibility index (Phi) is 8.51. The van der Waals surface area contributed by atoms with Gasteiger partial charge in [0.1, 0.15) is 23.7 Å². The van der Waals surface area contributed by atoms with Crippen LogP contribution in [0.5, 0.6) is 5.75 Å². The van der Waals surface area contributed by atoms with Crippen LogP contribution in [0.25, 0.3) is 16.8 Å². The van der Waals surface area contributed by atoms with Crippen molar-refractivity contribution in [2.45, 2.75) is 52.6 Å². The van der Waals surface area contributed by atoms with Crippen molar-refractivity contribution in [2.24, 2.45) is 0 Å². The lowest BCUT2D eigenvalue weighted by Gasteiger charge is -2.17. The summed E-state index contributed by atoms with van der Waals surface area (Å²) < 4.78 is 5.89. The van der Waals surface area contributed by atoms with Gasteiger partial charge in [-0.05, 0) is 69.4 Å². The first kappa shape index (κ1) is 27.7. The second kappa shape index (κ2) is 12.0. The summed E-state index contributed by atoms with van der Waals surface area (Å²) in [4.78, 5) is 24.5. The number of benzene rings is 2. The summed E-state index contributed by atoms with van der Waals surface area (Å²) >= 11 is 0. The van der Waals surface area contributed by atoms with E-state index in [1.807, 2.05) is 56.3 Å². The van der Waals surface area contributed by atoms with Gasteiger partial charge in [-0.3, -0.25) is 4.79 Å². The number of carbonyl (C=O) groups excluding carboxylic acids is 1. The first-order valence-corrected chi connectivity index (χ1v) is 12.8. The van der Waals surface area contributed by atoms with Gasteiger partial charge in [0.15, 0.2) is 0 Å². The van der Waals surface area contributed by atoms with Crippen molar-refractivity contribution < 1.29 is 14.6 Å². The molecule has 0 unspecified atom stereocenters. The zero-order chi connectivity index (χ0) is 28.0. The van der Waals surface area contributed by atoms with Gasteiger partial charge in [0.25, 0.3) is 5.91 Å². The third-order valence-electron chi connectivity index (χ3n) is 6.18. The lowest BCUT2D eigenvalue weighted by atomic mass is 9.99. The lowest BCUT2D eigenvalue weighted by Crippen LogP contribution is -2.19. The number of aromatic nitrogens is 5. The van der Waals surface area contributed by atoms with Crippen molar-refractivity contribution in [3.8, 4) is 17.0 Å². The molecule has 0 radical (unpaired) electrons. The maximum absolute atomic E-state index is 12.9. The number of hydrogen-bond donors (Lipinski definition) is 3. The van der Waals surface area contributed by atoms with E-state index in [1.54, 1.807) is 19.9 Å². The molecule has 0 aliphatic heterocycles. The topological polar surface area (TPSA) is 126 Å². The molecule has 0 fully saturated rings. The molecule has 39 heavy (non-hydrogen) atoms. The van der Waals surface area contributed by atoms with Crippen molar-refractivity contribution in [3.05, 3.63) is 89.8 Å². The Morgan fingerprint density at radius 3 is 2.69 bits per heavy atom. The van der Waals surface area contributed by atoms with E-state index >= 15 is 0 Å². The minimum atomic E-state index is -0.715. The van der Waals surface area contributed by atoms with Crippen LogP contribution in [0.3, 0.4) is 0 Å². The van der Waals surface area contributed by atoms with Crippen LogP contribution in [0.1, 0.15) is 66.7 Å². The van der Waals surface area contributed by atoms with Crippen molar-refractivity contribution >= 4 is 17.3 Å². The highest BCUT2D eigenvalue weighted by Crippen LogP contribution is 2.28. The van der Waals surface area contributed by atoms with Gasteiger partial charge in [-0.1, -0.05) is 42.5 Å². The summed E-state index contributed by atoms with van der Waals surface area (Å²) in [5.41, 5.74) is 4.86. The molecule has 0 bridgehead atoms. The van der Waals surface area contributed by atoms with Crippen molar-refractivity contribution in [1.29, 1.82) is 0 Å². The fourth-order valence-corrected chi connectivity index (χ4v) is 4.16. The van der Waals surface area contributed by atoms with Crippen LogP contribution in [0, 0.1) is 6.92 Å².